The normalized spacial score (nSPS) is 14.3. The number of carbonyl (C=O) groups is 1. The number of nitrogens with two attached hydrogens (primary N) is 1. The number of aromatic nitrogens is 1. The summed E-state index contributed by atoms with van der Waals surface area (Å²) < 4.78 is 0. The SMILES string of the molecule is NCC#Cc1cnccc1C(=O)N1CCCC1. The molecule has 1 aromatic rings. The number of nitrogens with zero attached hydrogens (tertiary/aromatic N) is 2. The van der Waals surface area contributed by atoms with Gasteiger partial charge in [0.05, 0.1) is 17.7 Å². The van der Waals surface area contributed by atoms with Crippen molar-refractivity contribution in [2.24, 2.45) is 5.73 Å². The zero-order valence-electron chi connectivity index (χ0n) is 9.65. The molecule has 17 heavy (non-hydrogen) atoms. The van der Waals surface area contributed by atoms with Gasteiger partial charge in [0.2, 0.25) is 0 Å². The molecule has 1 amide bonds. The van der Waals surface area contributed by atoms with Gasteiger partial charge in [-0.3, -0.25) is 9.78 Å². The quantitative estimate of drug-likeness (QED) is 0.718. The number of amides is 1. The van der Waals surface area contributed by atoms with E-state index in [-0.39, 0.29) is 12.5 Å². The van der Waals surface area contributed by atoms with Crippen LogP contribution in [0.5, 0.6) is 0 Å². The van der Waals surface area contributed by atoms with Gasteiger partial charge in [-0.15, -0.1) is 0 Å². The van der Waals surface area contributed by atoms with Crippen molar-refractivity contribution in [1.29, 1.82) is 0 Å². The molecule has 1 aliphatic heterocycles. The van der Waals surface area contributed by atoms with Crippen molar-refractivity contribution in [2.45, 2.75) is 12.8 Å². The molecule has 1 saturated heterocycles. The maximum Gasteiger partial charge on any atom is 0.255 e. The molecule has 0 radical (unpaired) electrons. The largest absolute Gasteiger partial charge is 0.339 e. The number of carbonyl (C=O) groups excluding carboxylic acids is 1. The van der Waals surface area contributed by atoms with Crippen LogP contribution in [-0.4, -0.2) is 35.4 Å². The molecular weight excluding hydrogens is 214 g/mol. The summed E-state index contributed by atoms with van der Waals surface area (Å²) in [6, 6.07) is 1.72. The predicted octanol–water partition coefficient (Wildman–Crippen LogP) is 0.628. The Labute approximate surface area is 101 Å². The second-order valence-corrected chi connectivity index (χ2v) is 3.93. The van der Waals surface area contributed by atoms with Gasteiger partial charge in [0.25, 0.3) is 5.91 Å². The lowest BCUT2D eigenvalue weighted by Crippen LogP contribution is -2.28. The van der Waals surface area contributed by atoms with Crippen LogP contribution in [0.2, 0.25) is 0 Å². The van der Waals surface area contributed by atoms with E-state index in [1.54, 1.807) is 18.5 Å². The van der Waals surface area contributed by atoms with Crippen molar-refractivity contribution in [2.75, 3.05) is 19.6 Å². The van der Waals surface area contributed by atoms with Crippen LogP contribution in [0.25, 0.3) is 0 Å². The van der Waals surface area contributed by atoms with Crippen LogP contribution in [-0.2, 0) is 0 Å². The fourth-order valence-electron chi connectivity index (χ4n) is 1.92. The minimum absolute atomic E-state index is 0.0474. The van der Waals surface area contributed by atoms with Crippen LogP contribution in [0.4, 0.5) is 0 Å². The number of pyridine rings is 1. The average molecular weight is 229 g/mol. The Balaban J connectivity index is 2.27. The van der Waals surface area contributed by atoms with E-state index < -0.39 is 0 Å². The maximum atomic E-state index is 12.2. The fourth-order valence-corrected chi connectivity index (χ4v) is 1.92. The molecule has 0 aliphatic carbocycles. The summed E-state index contributed by atoms with van der Waals surface area (Å²) in [5.74, 6) is 5.70. The van der Waals surface area contributed by atoms with Gasteiger partial charge in [0.1, 0.15) is 0 Å². The third-order valence-electron chi connectivity index (χ3n) is 2.77. The highest BCUT2D eigenvalue weighted by molar-refractivity contribution is 5.96. The molecule has 2 rings (SSSR count). The van der Waals surface area contributed by atoms with E-state index in [4.69, 9.17) is 5.73 Å². The molecule has 0 bridgehead atoms. The van der Waals surface area contributed by atoms with Gasteiger partial charge >= 0.3 is 0 Å². The van der Waals surface area contributed by atoms with E-state index in [2.05, 4.69) is 16.8 Å². The van der Waals surface area contributed by atoms with Gasteiger partial charge in [-0.2, -0.15) is 0 Å². The first-order valence-corrected chi connectivity index (χ1v) is 5.75. The Morgan fingerprint density at radius 1 is 1.47 bits per heavy atom. The molecule has 1 fully saturated rings. The van der Waals surface area contributed by atoms with Crippen molar-refractivity contribution in [3.8, 4) is 11.8 Å². The lowest BCUT2D eigenvalue weighted by molar-refractivity contribution is 0.0792. The topological polar surface area (TPSA) is 59.2 Å². The second kappa shape index (κ2) is 5.46. The summed E-state index contributed by atoms with van der Waals surface area (Å²) >= 11 is 0. The number of rotatable bonds is 1. The summed E-state index contributed by atoms with van der Waals surface area (Å²) in [6.07, 6.45) is 5.41. The van der Waals surface area contributed by atoms with Crippen molar-refractivity contribution in [1.82, 2.24) is 9.88 Å². The molecule has 2 N–H and O–H groups in total. The van der Waals surface area contributed by atoms with Crippen LogP contribution in [0, 0.1) is 11.8 Å². The Kier molecular flexibility index (Phi) is 3.73. The van der Waals surface area contributed by atoms with Crippen LogP contribution < -0.4 is 5.73 Å². The second-order valence-electron chi connectivity index (χ2n) is 3.93. The van der Waals surface area contributed by atoms with Crippen molar-refractivity contribution in [3.63, 3.8) is 0 Å². The summed E-state index contributed by atoms with van der Waals surface area (Å²) in [4.78, 5) is 18.1. The predicted molar refractivity (Wildman–Crippen MR) is 65.3 cm³/mol. The van der Waals surface area contributed by atoms with Gasteiger partial charge in [0, 0.05) is 25.5 Å². The monoisotopic (exact) mass is 229 g/mol. The first kappa shape index (κ1) is 11.6. The summed E-state index contributed by atoms with van der Waals surface area (Å²) in [7, 11) is 0. The molecule has 0 spiro atoms. The third-order valence-corrected chi connectivity index (χ3v) is 2.77. The highest BCUT2D eigenvalue weighted by Gasteiger charge is 2.21. The van der Waals surface area contributed by atoms with Crippen LogP contribution in [0.3, 0.4) is 0 Å². The molecule has 1 aliphatic rings. The first-order chi connectivity index (χ1) is 8.33. The smallest absolute Gasteiger partial charge is 0.255 e. The fraction of sp³-hybridized carbons (Fsp3) is 0.385. The first-order valence-electron chi connectivity index (χ1n) is 5.75. The molecule has 4 heteroatoms. The van der Waals surface area contributed by atoms with Gasteiger partial charge in [0.15, 0.2) is 0 Å². The number of likely N-dealkylation sites (tertiary alicyclic amines) is 1. The van der Waals surface area contributed by atoms with E-state index in [1.807, 2.05) is 4.90 Å². The van der Waals surface area contributed by atoms with E-state index >= 15 is 0 Å². The molecule has 0 aromatic carbocycles. The van der Waals surface area contributed by atoms with Crippen LogP contribution >= 0.6 is 0 Å². The molecule has 0 saturated carbocycles. The van der Waals surface area contributed by atoms with Crippen molar-refractivity contribution >= 4 is 5.91 Å². The Hall–Kier alpha value is -1.86. The van der Waals surface area contributed by atoms with Crippen molar-refractivity contribution in [3.05, 3.63) is 29.6 Å². The average Bonchev–Trinajstić information content (AvgIpc) is 2.89. The lowest BCUT2D eigenvalue weighted by atomic mass is 10.1. The molecule has 88 valence electrons. The Morgan fingerprint density at radius 2 is 2.24 bits per heavy atom. The van der Waals surface area contributed by atoms with E-state index in [0.717, 1.165) is 25.9 Å². The third kappa shape index (κ3) is 2.63. The standard InChI is InChI=1S/C13H15N3O/c14-6-3-4-11-10-15-7-5-12(11)13(17)16-8-1-2-9-16/h5,7,10H,1-2,6,8-9,14H2. The Bertz CT molecular complexity index is 467. The maximum absolute atomic E-state index is 12.2. The van der Waals surface area contributed by atoms with E-state index in [9.17, 15) is 4.79 Å². The van der Waals surface area contributed by atoms with Gasteiger partial charge in [-0.25, -0.2) is 0 Å². The van der Waals surface area contributed by atoms with E-state index in [0.29, 0.717) is 11.1 Å². The molecular formula is C13H15N3O. The highest BCUT2D eigenvalue weighted by atomic mass is 16.2. The minimum Gasteiger partial charge on any atom is -0.339 e. The zero-order valence-corrected chi connectivity index (χ0v) is 9.65. The van der Waals surface area contributed by atoms with Crippen LogP contribution in [0.15, 0.2) is 18.5 Å². The summed E-state index contributed by atoms with van der Waals surface area (Å²) in [6.45, 7) is 1.96. The van der Waals surface area contributed by atoms with Gasteiger partial charge in [-0.05, 0) is 18.9 Å². The molecule has 0 unspecified atom stereocenters. The van der Waals surface area contributed by atoms with Crippen molar-refractivity contribution < 1.29 is 4.79 Å². The molecule has 2 heterocycles. The summed E-state index contributed by atoms with van der Waals surface area (Å²) in [5, 5.41) is 0. The molecule has 0 atom stereocenters. The highest BCUT2D eigenvalue weighted by Crippen LogP contribution is 2.14. The van der Waals surface area contributed by atoms with E-state index in [1.165, 1.54) is 0 Å². The Morgan fingerprint density at radius 3 is 2.94 bits per heavy atom. The molecule has 4 nitrogen and oxygen atoms in total. The number of hydrogen-bond donors (Lipinski definition) is 1. The summed E-state index contributed by atoms with van der Waals surface area (Å²) in [5.41, 5.74) is 6.62. The lowest BCUT2D eigenvalue weighted by Gasteiger charge is -2.15. The van der Waals surface area contributed by atoms with Gasteiger partial charge < -0.3 is 10.6 Å². The number of hydrogen-bond acceptors (Lipinski definition) is 3. The van der Waals surface area contributed by atoms with Gasteiger partial charge in [-0.1, -0.05) is 11.8 Å². The van der Waals surface area contributed by atoms with Crippen LogP contribution in [0.1, 0.15) is 28.8 Å². The molecule has 1 aromatic heterocycles. The minimum atomic E-state index is 0.0474. The zero-order chi connectivity index (χ0) is 12.1.